The van der Waals surface area contributed by atoms with Gasteiger partial charge in [-0.2, -0.15) is 0 Å². The van der Waals surface area contributed by atoms with Crippen LogP contribution in [0.3, 0.4) is 0 Å². The summed E-state index contributed by atoms with van der Waals surface area (Å²) in [6, 6.07) is 14.3. The number of benzene rings is 2. The van der Waals surface area contributed by atoms with Gasteiger partial charge in [-0.15, -0.1) is 0 Å². The molecule has 0 radical (unpaired) electrons. The third kappa shape index (κ3) is 3.77. The van der Waals surface area contributed by atoms with E-state index in [9.17, 15) is 9.59 Å². The summed E-state index contributed by atoms with van der Waals surface area (Å²) in [5.41, 5.74) is 0.280. The first-order chi connectivity index (χ1) is 11.9. The Morgan fingerprint density at radius 2 is 1.92 bits per heavy atom. The van der Waals surface area contributed by atoms with Crippen molar-refractivity contribution in [3.05, 3.63) is 59.1 Å². The van der Waals surface area contributed by atoms with Crippen molar-refractivity contribution in [2.24, 2.45) is 0 Å². The zero-order chi connectivity index (χ0) is 18.0. The number of anilines is 1. The van der Waals surface area contributed by atoms with Crippen LogP contribution in [-0.4, -0.2) is 24.0 Å². The SMILES string of the molecule is CC1(C)Oc2ccc(Cl)cc2N(CC(=O)OCc2ccccc2)C1=O. The maximum Gasteiger partial charge on any atom is 0.326 e. The Kier molecular flexibility index (Phi) is 4.68. The average Bonchev–Trinajstić information content (AvgIpc) is 2.59. The minimum absolute atomic E-state index is 0.157. The maximum atomic E-state index is 12.7. The minimum atomic E-state index is -1.07. The predicted molar refractivity (Wildman–Crippen MR) is 94.8 cm³/mol. The molecule has 25 heavy (non-hydrogen) atoms. The molecule has 130 valence electrons. The van der Waals surface area contributed by atoms with E-state index < -0.39 is 11.6 Å². The van der Waals surface area contributed by atoms with E-state index in [0.29, 0.717) is 16.5 Å². The van der Waals surface area contributed by atoms with Gasteiger partial charge in [0.05, 0.1) is 5.69 Å². The number of amides is 1. The summed E-state index contributed by atoms with van der Waals surface area (Å²) >= 11 is 6.03. The van der Waals surface area contributed by atoms with Crippen molar-refractivity contribution in [2.75, 3.05) is 11.4 Å². The molecule has 3 rings (SSSR count). The topological polar surface area (TPSA) is 55.8 Å². The number of esters is 1. The molecule has 2 aromatic carbocycles. The molecule has 0 aromatic heterocycles. The van der Waals surface area contributed by atoms with Gasteiger partial charge in [0.15, 0.2) is 5.60 Å². The van der Waals surface area contributed by atoms with Crippen molar-refractivity contribution in [3.63, 3.8) is 0 Å². The molecule has 2 aromatic rings. The Balaban J connectivity index is 1.77. The number of nitrogens with zero attached hydrogens (tertiary/aromatic N) is 1. The van der Waals surface area contributed by atoms with Gasteiger partial charge in [0.25, 0.3) is 5.91 Å². The fourth-order valence-corrected chi connectivity index (χ4v) is 2.78. The van der Waals surface area contributed by atoms with E-state index in [1.807, 2.05) is 30.3 Å². The summed E-state index contributed by atoms with van der Waals surface area (Å²) in [4.78, 5) is 26.3. The Morgan fingerprint density at radius 1 is 1.20 bits per heavy atom. The van der Waals surface area contributed by atoms with Gasteiger partial charge >= 0.3 is 5.97 Å². The van der Waals surface area contributed by atoms with Crippen LogP contribution in [0.15, 0.2) is 48.5 Å². The highest BCUT2D eigenvalue weighted by molar-refractivity contribution is 6.31. The second kappa shape index (κ2) is 6.76. The number of hydrogen-bond acceptors (Lipinski definition) is 4. The molecule has 0 saturated carbocycles. The van der Waals surface area contributed by atoms with Gasteiger partial charge in [-0.1, -0.05) is 41.9 Å². The number of hydrogen-bond donors (Lipinski definition) is 0. The van der Waals surface area contributed by atoms with Gasteiger partial charge in [-0.05, 0) is 37.6 Å². The van der Waals surface area contributed by atoms with Crippen LogP contribution >= 0.6 is 11.6 Å². The molecule has 0 N–H and O–H groups in total. The van der Waals surface area contributed by atoms with Crippen LogP contribution in [0.4, 0.5) is 5.69 Å². The number of carbonyl (C=O) groups is 2. The van der Waals surface area contributed by atoms with Crippen LogP contribution in [0.2, 0.25) is 5.02 Å². The van der Waals surface area contributed by atoms with Gasteiger partial charge < -0.3 is 9.47 Å². The highest BCUT2D eigenvalue weighted by atomic mass is 35.5. The number of ether oxygens (including phenoxy) is 2. The molecular formula is C19H18ClNO4. The highest BCUT2D eigenvalue weighted by Gasteiger charge is 2.41. The summed E-state index contributed by atoms with van der Waals surface area (Å²) in [6.45, 7) is 3.28. The molecule has 1 heterocycles. The lowest BCUT2D eigenvalue weighted by molar-refractivity contribution is -0.145. The van der Waals surface area contributed by atoms with E-state index in [2.05, 4.69) is 0 Å². The van der Waals surface area contributed by atoms with Gasteiger partial charge in [0.1, 0.15) is 18.9 Å². The first kappa shape index (κ1) is 17.3. The van der Waals surface area contributed by atoms with E-state index in [-0.39, 0.29) is 19.1 Å². The van der Waals surface area contributed by atoms with Crippen LogP contribution < -0.4 is 9.64 Å². The summed E-state index contributed by atoms with van der Waals surface area (Å²) in [5, 5.41) is 0.456. The quantitative estimate of drug-likeness (QED) is 0.783. The molecule has 5 nitrogen and oxygen atoms in total. The summed E-state index contributed by atoms with van der Waals surface area (Å²) < 4.78 is 11.0. The van der Waals surface area contributed by atoms with Crippen LogP contribution in [0.1, 0.15) is 19.4 Å². The molecule has 0 spiro atoms. The normalized spacial score (nSPS) is 15.3. The Labute approximate surface area is 151 Å². The van der Waals surface area contributed by atoms with Crippen molar-refractivity contribution in [1.29, 1.82) is 0 Å². The molecule has 1 aliphatic rings. The lowest BCUT2D eigenvalue weighted by Crippen LogP contribution is -2.54. The number of halogens is 1. The van der Waals surface area contributed by atoms with E-state index in [1.165, 1.54) is 4.90 Å². The van der Waals surface area contributed by atoms with Crippen LogP contribution in [0.5, 0.6) is 5.75 Å². The molecule has 6 heteroatoms. The molecule has 0 atom stereocenters. The van der Waals surface area contributed by atoms with Crippen molar-refractivity contribution in [2.45, 2.75) is 26.1 Å². The molecule has 0 fully saturated rings. The predicted octanol–water partition coefficient (Wildman–Crippen LogP) is 3.59. The van der Waals surface area contributed by atoms with E-state index >= 15 is 0 Å². The smallest absolute Gasteiger partial charge is 0.326 e. The van der Waals surface area contributed by atoms with Crippen molar-refractivity contribution in [1.82, 2.24) is 0 Å². The zero-order valence-corrected chi connectivity index (χ0v) is 14.7. The summed E-state index contributed by atoms with van der Waals surface area (Å²) in [6.07, 6.45) is 0. The second-order valence-electron chi connectivity index (χ2n) is 6.26. The number of rotatable bonds is 4. The van der Waals surface area contributed by atoms with E-state index in [4.69, 9.17) is 21.1 Å². The van der Waals surface area contributed by atoms with Crippen LogP contribution in [-0.2, 0) is 20.9 Å². The molecule has 0 saturated heterocycles. The molecule has 0 unspecified atom stereocenters. The minimum Gasteiger partial charge on any atom is -0.476 e. The van der Waals surface area contributed by atoms with Crippen LogP contribution in [0, 0.1) is 0 Å². The zero-order valence-electron chi connectivity index (χ0n) is 14.0. The average molecular weight is 360 g/mol. The largest absolute Gasteiger partial charge is 0.476 e. The van der Waals surface area contributed by atoms with Gasteiger partial charge in [0, 0.05) is 5.02 Å². The fourth-order valence-electron chi connectivity index (χ4n) is 2.61. The summed E-state index contributed by atoms with van der Waals surface area (Å²) in [7, 11) is 0. The Morgan fingerprint density at radius 3 is 2.64 bits per heavy atom. The third-order valence-corrected chi connectivity index (χ3v) is 4.10. The third-order valence-electron chi connectivity index (χ3n) is 3.87. The van der Waals surface area contributed by atoms with Crippen molar-refractivity contribution >= 4 is 29.2 Å². The lowest BCUT2D eigenvalue weighted by Gasteiger charge is -2.38. The maximum absolute atomic E-state index is 12.7. The van der Waals surface area contributed by atoms with Gasteiger partial charge in [-0.25, -0.2) is 0 Å². The Hall–Kier alpha value is -2.53. The van der Waals surface area contributed by atoms with Gasteiger partial charge in [0.2, 0.25) is 0 Å². The summed E-state index contributed by atoms with van der Waals surface area (Å²) in [5.74, 6) is -0.315. The monoisotopic (exact) mass is 359 g/mol. The molecule has 1 amide bonds. The number of fused-ring (bicyclic) bond motifs is 1. The standard InChI is InChI=1S/C19H18ClNO4/c1-19(2)18(23)21(15-10-14(20)8-9-16(15)25-19)11-17(22)24-12-13-6-4-3-5-7-13/h3-10H,11-12H2,1-2H3. The first-order valence-electron chi connectivity index (χ1n) is 7.87. The van der Waals surface area contributed by atoms with E-state index in [0.717, 1.165) is 5.56 Å². The molecule has 1 aliphatic heterocycles. The molecule has 0 bridgehead atoms. The second-order valence-corrected chi connectivity index (χ2v) is 6.70. The van der Waals surface area contributed by atoms with Crippen molar-refractivity contribution < 1.29 is 19.1 Å². The highest BCUT2D eigenvalue weighted by Crippen LogP contribution is 2.39. The van der Waals surface area contributed by atoms with Gasteiger partial charge in [-0.3, -0.25) is 14.5 Å². The fraction of sp³-hybridized carbons (Fsp3) is 0.263. The molecule has 0 aliphatic carbocycles. The van der Waals surface area contributed by atoms with Crippen molar-refractivity contribution in [3.8, 4) is 5.75 Å². The van der Waals surface area contributed by atoms with Crippen LogP contribution in [0.25, 0.3) is 0 Å². The first-order valence-corrected chi connectivity index (χ1v) is 8.25. The van der Waals surface area contributed by atoms with E-state index in [1.54, 1.807) is 32.0 Å². The Bertz CT molecular complexity index is 804. The lowest BCUT2D eigenvalue weighted by atomic mass is 10.0. The number of carbonyl (C=O) groups excluding carboxylic acids is 2. The molecular weight excluding hydrogens is 342 g/mol.